The minimum atomic E-state index is -1.25. The first-order chi connectivity index (χ1) is 5.65. The van der Waals surface area contributed by atoms with Crippen LogP contribution in [0, 0.1) is 39.4 Å². The standard InChI is InChI=1S/C6H2ClN5/c7-6(11)5(3-10)12-4(1-8)2-9/h5,11H/t5-/m0/s1. The number of nitrogens with one attached hydrogen (secondary N) is 1. The van der Waals surface area contributed by atoms with Gasteiger partial charge in [-0.15, -0.1) is 0 Å². The first-order valence-corrected chi connectivity index (χ1v) is 3.05. The van der Waals surface area contributed by atoms with E-state index >= 15 is 0 Å². The lowest BCUT2D eigenvalue weighted by Crippen LogP contribution is -2.11. The molecule has 0 unspecified atom stereocenters. The predicted octanol–water partition coefficient (Wildman–Crippen LogP) is 0.583. The minimum Gasteiger partial charge on any atom is -0.290 e. The molecule has 0 saturated heterocycles. The molecule has 0 saturated carbocycles. The van der Waals surface area contributed by atoms with Crippen molar-refractivity contribution in [3.05, 3.63) is 0 Å². The van der Waals surface area contributed by atoms with Crippen molar-refractivity contribution in [1.82, 2.24) is 0 Å². The molecule has 0 bridgehead atoms. The fourth-order valence-corrected chi connectivity index (χ4v) is 0.452. The number of halogens is 1. The van der Waals surface area contributed by atoms with Crippen LogP contribution in [0.1, 0.15) is 0 Å². The Morgan fingerprint density at radius 1 is 1.33 bits per heavy atom. The topological polar surface area (TPSA) is 108 Å². The maximum Gasteiger partial charge on any atom is 0.215 e. The highest BCUT2D eigenvalue weighted by Crippen LogP contribution is 1.96. The quantitative estimate of drug-likeness (QED) is 0.627. The van der Waals surface area contributed by atoms with Gasteiger partial charge in [-0.3, -0.25) is 5.41 Å². The molecule has 0 spiro atoms. The zero-order valence-electron chi connectivity index (χ0n) is 5.74. The van der Waals surface area contributed by atoms with E-state index in [9.17, 15) is 0 Å². The first-order valence-electron chi connectivity index (χ1n) is 2.67. The second-order valence-corrected chi connectivity index (χ2v) is 1.99. The van der Waals surface area contributed by atoms with E-state index in [4.69, 9.17) is 32.8 Å². The van der Waals surface area contributed by atoms with Crippen LogP contribution in [0.4, 0.5) is 0 Å². The van der Waals surface area contributed by atoms with Crippen LogP contribution in [-0.2, 0) is 0 Å². The van der Waals surface area contributed by atoms with E-state index in [0.29, 0.717) is 0 Å². The average molecular weight is 180 g/mol. The molecule has 12 heavy (non-hydrogen) atoms. The Balaban J connectivity index is 4.76. The highest BCUT2D eigenvalue weighted by molar-refractivity contribution is 6.66. The SMILES string of the molecule is N#CC(C#N)=N[C@@H](C#N)C(=N)Cl. The summed E-state index contributed by atoms with van der Waals surface area (Å²) in [5.74, 6) is 0. The van der Waals surface area contributed by atoms with Gasteiger partial charge in [0.05, 0.1) is 6.07 Å². The molecule has 58 valence electrons. The third-order valence-corrected chi connectivity index (χ3v) is 1.04. The Morgan fingerprint density at radius 2 is 1.83 bits per heavy atom. The molecule has 0 aromatic rings. The summed E-state index contributed by atoms with van der Waals surface area (Å²) in [4.78, 5) is 3.31. The Kier molecular flexibility index (Phi) is 4.08. The van der Waals surface area contributed by atoms with Crippen molar-refractivity contribution >= 4 is 22.5 Å². The Labute approximate surface area is 73.6 Å². The van der Waals surface area contributed by atoms with Gasteiger partial charge in [0, 0.05) is 0 Å². The normalized spacial score (nSPS) is 9.83. The summed E-state index contributed by atoms with van der Waals surface area (Å²) in [6.07, 6.45) is 0. The summed E-state index contributed by atoms with van der Waals surface area (Å²) < 4.78 is 0. The van der Waals surface area contributed by atoms with E-state index < -0.39 is 16.9 Å². The summed E-state index contributed by atoms with van der Waals surface area (Å²) in [5, 5.41) is 31.1. The molecule has 0 aliphatic carbocycles. The van der Waals surface area contributed by atoms with Gasteiger partial charge in [-0.1, -0.05) is 11.6 Å². The summed E-state index contributed by atoms with van der Waals surface area (Å²) in [5.41, 5.74) is -0.466. The summed E-state index contributed by atoms with van der Waals surface area (Å²) >= 11 is 5.14. The van der Waals surface area contributed by atoms with Crippen molar-refractivity contribution in [2.45, 2.75) is 6.04 Å². The minimum absolute atomic E-state index is 0.466. The molecule has 0 heterocycles. The van der Waals surface area contributed by atoms with Crippen LogP contribution < -0.4 is 0 Å². The molecule has 0 rings (SSSR count). The third-order valence-electron chi connectivity index (χ3n) is 0.832. The van der Waals surface area contributed by atoms with Crippen molar-refractivity contribution in [3.8, 4) is 18.2 Å². The molecule has 0 aromatic carbocycles. The van der Waals surface area contributed by atoms with Crippen LogP contribution in [-0.4, -0.2) is 16.9 Å². The number of aliphatic imine (C=N–C) groups is 1. The number of nitriles is 3. The molecule has 0 aliphatic heterocycles. The van der Waals surface area contributed by atoms with Gasteiger partial charge >= 0.3 is 0 Å². The first kappa shape index (κ1) is 10.1. The zero-order valence-corrected chi connectivity index (χ0v) is 6.50. The van der Waals surface area contributed by atoms with Gasteiger partial charge in [0.15, 0.2) is 6.04 Å². The van der Waals surface area contributed by atoms with Crippen LogP contribution in [0.25, 0.3) is 0 Å². The molecule has 0 fully saturated rings. The maximum absolute atomic E-state index is 8.34. The van der Waals surface area contributed by atoms with Gasteiger partial charge in [0.2, 0.25) is 5.71 Å². The van der Waals surface area contributed by atoms with Gasteiger partial charge in [-0.25, -0.2) is 4.99 Å². The summed E-state index contributed by atoms with van der Waals surface area (Å²) in [6.45, 7) is 0. The monoisotopic (exact) mass is 179 g/mol. The van der Waals surface area contributed by atoms with Gasteiger partial charge in [0.25, 0.3) is 0 Å². The van der Waals surface area contributed by atoms with Crippen LogP contribution in [0.2, 0.25) is 0 Å². The van der Waals surface area contributed by atoms with Crippen molar-refractivity contribution < 1.29 is 0 Å². The molecule has 0 aliphatic rings. The largest absolute Gasteiger partial charge is 0.290 e. The number of nitrogens with zero attached hydrogens (tertiary/aromatic N) is 4. The van der Waals surface area contributed by atoms with Gasteiger partial charge in [-0.05, 0) is 0 Å². The molecule has 0 radical (unpaired) electrons. The van der Waals surface area contributed by atoms with E-state index in [1.807, 2.05) is 0 Å². The Hall–Kier alpha value is -1.90. The molecule has 1 N–H and O–H groups in total. The van der Waals surface area contributed by atoms with Crippen LogP contribution in [0.5, 0.6) is 0 Å². The van der Waals surface area contributed by atoms with Crippen LogP contribution in [0.15, 0.2) is 4.99 Å². The second kappa shape index (κ2) is 4.85. The Bertz CT molecular complexity index is 320. The van der Waals surface area contributed by atoms with Crippen LogP contribution >= 0.6 is 11.6 Å². The molecule has 0 aromatic heterocycles. The van der Waals surface area contributed by atoms with E-state index in [1.54, 1.807) is 6.07 Å². The summed E-state index contributed by atoms with van der Waals surface area (Å²) in [7, 11) is 0. The van der Waals surface area contributed by atoms with Crippen molar-refractivity contribution in [1.29, 1.82) is 21.2 Å². The van der Waals surface area contributed by atoms with Gasteiger partial charge in [0.1, 0.15) is 17.3 Å². The summed E-state index contributed by atoms with van der Waals surface area (Å²) in [6, 6.07) is 3.21. The third kappa shape index (κ3) is 2.79. The maximum atomic E-state index is 8.34. The fraction of sp³-hybridized carbons (Fsp3) is 0.167. The molecule has 0 amide bonds. The van der Waals surface area contributed by atoms with E-state index in [2.05, 4.69) is 4.99 Å². The smallest absolute Gasteiger partial charge is 0.215 e. The molecule has 1 atom stereocenters. The van der Waals surface area contributed by atoms with Crippen molar-refractivity contribution in [2.24, 2.45) is 4.99 Å². The number of hydrogen-bond donors (Lipinski definition) is 1. The molecular formula is C6H2ClN5. The van der Waals surface area contributed by atoms with E-state index in [-0.39, 0.29) is 0 Å². The van der Waals surface area contributed by atoms with Crippen LogP contribution in [0.3, 0.4) is 0 Å². The second-order valence-electron chi connectivity index (χ2n) is 1.58. The number of hydrogen-bond acceptors (Lipinski definition) is 5. The van der Waals surface area contributed by atoms with Gasteiger partial charge < -0.3 is 0 Å². The van der Waals surface area contributed by atoms with Gasteiger partial charge in [-0.2, -0.15) is 15.8 Å². The van der Waals surface area contributed by atoms with E-state index in [1.165, 1.54) is 12.1 Å². The lowest BCUT2D eigenvalue weighted by Gasteiger charge is -1.95. The van der Waals surface area contributed by atoms with Crippen molar-refractivity contribution in [2.75, 3.05) is 0 Å². The average Bonchev–Trinajstić information content (AvgIpc) is 2.06. The fourth-order valence-electron chi connectivity index (χ4n) is 0.354. The Morgan fingerprint density at radius 3 is 2.08 bits per heavy atom. The molecule has 5 nitrogen and oxygen atoms in total. The highest BCUT2D eigenvalue weighted by atomic mass is 35.5. The zero-order chi connectivity index (χ0) is 9.56. The molecular weight excluding hydrogens is 178 g/mol. The highest BCUT2D eigenvalue weighted by Gasteiger charge is 2.10. The van der Waals surface area contributed by atoms with E-state index in [0.717, 1.165) is 0 Å². The lowest BCUT2D eigenvalue weighted by molar-refractivity contribution is 1.10. The lowest BCUT2D eigenvalue weighted by atomic mass is 10.3. The predicted molar refractivity (Wildman–Crippen MR) is 41.6 cm³/mol. The molecule has 6 heteroatoms. The number of rotatable bonds is 2. The van der Waals surface area contributed by atoms with Crippen molar-refractivity contribution in [3.63, 3.8) is 0 Å².